The van der Waals surface area contributed by atoms with Crippen LogP contribution >= 0.6 is 11.8 Å². The Morgan fingerprint density at radius 3 is 2.37 bits per heavy atom. The number of hydrogen-bond donors (Lipinski definition) is 4. The summed E-state index contributed by atoms with van der Waals surface area (Å²) in [5.41, 5.74) is 0. The smallest absolute Gasteiger partial charge is 0.326 e. The Morgan fingerprint density at radius 2 is 1.84 bits per heavy atom. The van der Waals surface area contributed by atoms with Crippen molar-refractivity contribution < 1.29 is 24.6 Å². The van der Waals surface area contributed by atoms with Crippen LogP contribution in [0.1, 0.15) is 19.3 Å². The first-order valence-corrected chi connectivity index (χ1v) is 7.21. The van der Waals surface area contributed by atoms with E-state index in [2.05, 4.69) is 10.6 Å². The second-order valence-electron chi connectivity index (χ2n) is 4.40. The van der Waals surface area contributed by atoms with Crippen molar-refractivity contribution in [2.75, 3.05) is 18.1 Å². The maximum atomic E-state index is 11.5. The molecule has 19 heavy (non-hydrogen) atoms. The topological polar surface area (TPSA) is 116 Å². The van der Waals surface area contributed by atoms with Crippen LogP contribution in [-0.2, 0) is 9.59 Å². The zero-order chi connectivity index (χ0) is 14.3. The maximum Gasteiger partial charge on any atom is 0.326 e. The minimum Gasteiger partial charge on any atom is -0.481 e. The summed E-state index contributed by atoms with van der Waals surface area (Å²) in [6.45, 7) is 0.492. The predicted octanol–water partition coefficient (Wildman–Crippen LogP) is 0.357. The van der Waals surface area contributed by atoms with Gasteiger partial charge in [0.25, 0.3) is 0 Å². The largest absolute Gasteiger partial charge is 0.481 e. The quantitative estimate of drug-likeness (QED) is 0.561. The lowest BCUT2D eigenvalue weighted by molar-refractivity contribution is -0.145. The highest BCUT2D eigenvalue weighted by Gasteiger charge is 2.23. The summed E-state index contributed by atoms with van der Waals surface area (Å²) in [5.74, 6) is -0.0616. The van der Waals surface area contributed by atoms with Crippen LogP contribution in [0.3, 0.4) is 0 Å². The molecule has 0 aromatic rings. The maximum absolute atomic E-state index is 11.5. The number of rotatable bonds is 6. The second kappa shape index (κ2) is 7.88. The van der Waals surface area contributed by atoms with Crippen LogP contribution in [0, 0.1) is 5.92 Å². The SMILES string of the molecule is O=C(O)C[C@H](NC(=O)NCC1CCSCC1)C(=O)O. The minimum absolute atomic E-state index is 0.412. The van der Waals surface area contributed by atoms with Crippen LogP contribution in [0.2, 0.25) is 0 Å². The van der Waals surface area contributed by atoms with E-state index in [0.717, 1.165) is 24.3 Å². The molecule has 0 bridgehead atoms. The Labute approximate surface area is 115 Å². The Morgan fingerprint density at radius 1 is 1.21 bits per heavy atom. The van der Waals surface area contributed by atoms with Crippen molar-refractivity contribution in [2.24, 2.45) is 5.92 Å². The number of amides is 2. The van der Waals surface area contributed by atoms with Crippen LogP contribution in [0.15, 0.2) is 0 Å². The zero-order valence-electron chi connectivity index (χ0n) is 10.4. The first kappa shape index (κ1) is 15.6. The van der Waals surface area contributed by atoms with Crippen LogP contribution in [0.5, 0.6) is 0 Å². The van der Waals surface area contributed by atoms with Crippen LogP contribution in [0.25, 0.3) is 0 Å². The Kier molecular flexibility index (Phi) is 6.48. The molecule has 0 aromatic carbocycles. The molecular formula is C11H18N2O5S. The molecule has 1 saturated heterocycles. The number of aliphatic carboxylic acids is 2. The monoisotopic (exact) mass is 290 g/mol. The number of nitrogens with one attached hydrogen (secondary N) is 2. The highest BCUT2D eigenvalue weighted by atomic mass is 32.2. The van der Waals surface area contributed by atoms with E-state index in [4.69, 9.17) is 10.2 Å². The predicted molar refractivity (Wildman–Crippen MR) is 70.3 cm³/mol. The number of carbonyl (C=O) groups excluding carboxylic acids is 1. The van der Waals surface area contributed by atoms with Crippen molar-refractivity contribution in [2.45, 2.75) is 25.3 Å². The van der Waals surface area contributed by atoms with Gasteiger partial charge in [0, 0.05) is 6.54 Å². The van der Waals surface area contributed by atoms with Gasteiger partial charge < -0.3 is 20.8 Å². The molecule has 1 aliphatic rings. The standard InChI is InChI=1S/C11H18N2O5S/c14-9(15)5-8(10(16)17)13-11(18)12-6-7-1-3-19-4-2-7/h7-8H,1-6H2,(H,14,15)(H,16,17)(H2,12,13,18)/t8-/m0/s1. The normalized spacial score (nSPS) is 17.5. The number of carbonyl (C=O) groups is 3. The number of thioether (sulfide) groups is 1. The number of hydrogen-bond acceptors (Lipinski definition) is 4. The lowest BCUT2D eigenvalue weighted by Gasteiger charge is -2.22. The van der Waals surface area contributed by atoms with E-state index >= 15 is 0 Å². The van der Waals surface area contributed by atoms with Gasteiger partial charge in [0.15, 0.2) is 0 Å². The van der Waals surface area contributed by atoms with Crippen molar-refractivity contribution in [1.82, 2.24) is 10.6 Å². The average Bonchev–Trinajstić information content (AvgIpc) is 2.36. The summed E-state index contributed by atoms with van der Waals surface area (Å²) in [6, 6.07) is -2.04. The summed E-state index contributed by atoms with van der Waals surface area (Å²) in [7, 11) is 0. The van der Waals surface area contributed by atoms with E-state index in [0.29, 0.717) is 12.5 Å². The zero-order valence-corrected chi connectivity index (χ0v) is 11.2. The fourth-order valence-corrected chi connectivity index (χ4v) is 2.98. The highest BCUT2D eigenvalue weighted by Crippen LogP contribution is 2.21. The average molecular weight is 290 g/mol. The van der Waals surface area contributed by atoms with Gasteiger partial charge in [-0.05, 0) is 30.3 Å². The van der Waals surface area contributed by atoms with Crippen molar-refractivity contribution >= 4 is 29.7 Å². The van der Waals surface area contributed by atoms with Crippen molar-refractivity contribution in [3.05, 3.63) is 0 Å². The molecule has 1 heterocycles. The van der Waals surface area contributed by atoms with E-state index in [1.54, 1.807) is 0 Å². The molecule has 1 atom stereocenters. The Balaban J connectivity index is 2.31. The van der Waals surface area contributed by atoms with Gasteiger partial charge >= 0.3 is 18.0 Å². The van der Waals surface area contributed by atoms with Gasteiger partial charge in [0.05, 0.1) is 6.42 Å². The molecule has 0 aromatic heterocycles. The minimum atomic E-state index is -1.40. The van der Waals surface area contributed by atoms with E-state index in [1.807, 2.05) is 11.8 Å². The number of carboxylic acids is 2. The third-order valence-electron chi connectivity index (χ3n) is 2.87. The van der Waals surface area contributed by atoms with E-state index in [1.165, 1.54) is 0 Å². The highest BCUT2D eigenvalue weighted by molar-refractivity contribution is 7.99. The van der Waals surface area contributed by atoms with Crippen molar-refractivity contribution in [3.63, 3.8) is 0 Å². The van der Waals surface area contributed by atoms with E-state index in [9.17, 15) is 14.4 Å². The summed E-state index contributed by atoms with van der Waals surface area (Å²) in [6.07, 6.45) is 1.42. The fraction of sp³-hybridized carbons (Fsp3) is 0.727. The Hall–Kier alpha value is -1.44. The lowest BCUT2D eigenvalue weighted by Crippen LogP contribution is -2.48. The Bertz CT molecular complexity index is 344. The van der Waals surface area contributed by atoms with Gasteiger partial charge in [-0.2, -0.15) is 11.8 Å². The van der Waals surface area contributed by atoms with Gasteiger partial charge in [-0.1, -0.05) is 0 Å². The third kappa shape index (κ3) is 6.32. The molecule has 0 unspecified atom stereocenters. The van der Waals surface area contributed by atoms with Crippen LogP contribution in [-0.4, -0.2) is 52.3 Å². The molecule has 4 N–H and O–H groups in total. The molecule has 2 amide bonds. The summed E-state index contributed by atoms with van der Waals surface area (Å²) < 4.78 is 0. The summed E-state index contributed by atoms with van der Waals surface area (Å²) in [4.78, 5) is 32.7. The lowest BCUT2D eigenvalue weighted by atomic mass is 10.0. The molecule has 108 valence electrons. The first-order valence-electron chi connectivity index (χ1n) is 6.05. The van der Waals surface area contributed by atoms with Gasteiger partial charge in [-0.25, -0.2) is 9.59 Å². The summed E-state index contributed by atoms with van der Waals surface area (Å²) >= 11 is 1.88. The molecule has 0 spiro atoms. The molecule has 1 fully saturated rings. The molecule has 8 heteroatoms. The van der Waals surface area contributed by atoms with Gasteiger partial charge in [0.2, 0.25) is 0 Å². The molecule has 0 saturated carbocycles. The number of urea groups is 1. The van der Waals surface area contributed by atoms with Crippen LogP contribution < -0.4 is 10.6 Å². The summed E-state index contributed by atoms with van der Waals surface area (Å²) in [5, 5.41) is 22.1. The molecule has 0 radical (unpaired) electrons. The van der Waals surface area contributed by atoms with Crippen LogP contribution in [0.4, 0.5) is 4.79 Å². The van der Waals surface area contributed by atoms with Gasteiger partial charge in [-0.3, -0.25) is 4.79 Å². The number of carboxylic acid groups (broad SMARTS) is 2. The first-order chi connectivity index (χ1) is 8.99. The third-order valence-corrected chi connectivity index (χ3v) is 3.92. The molecule has 1 aliphatic heterocycles. The molecule has 0 aliphatic carbocycles. The molecular weight excluding hydrogens is 272 g/mol. The second-order valence-corrected chi connectivity index (χ2v) is 5.62. The van der Waals surface area contributed by atoms with Gasteiger partial charge in [0.1, 0.15) is 6.04 Å². The van der Waals surface area contributed by atoms with Crippen molar-refractivity contribution in [3.8, 4) is 0 Å². The van der Waals surface area contributed by atoms with Gasteiger partial charge in [-0.15, -0.1) is 0 Å². The van der Waals surface area contributed by atoms with Crippen molar-refractivity contribution in [1.29, 1.82) is 0 Å². The van der Waals surface area contributed by atoms with E-state index in [-0.39, 0.29) is 0 Å². The van der Waals surface area contributed by atoms with E-state index < -0.39 is 30.4 Å². The molecule has 7 nitrogen and oxygen atoms in total. The fourth-order valence-electron chi connectivity index (χ4n) is 1.77. The molecule has 1 rings (SSSR count).